The minimum absolute atomic E-state index is 0.0981. The molecule has 2 aromatic rings. The van der Waals surface area contributed by atoms with E-state index in [-0.39, 0.29) is 11.9 Å². The maximum absolute atomic E-state index is 9.68. The fraction of sp³-hybridized carbons (Fsp3) is 0.267. The van der Waals surface area contributed by atoms with Crippen LogP contribution in [0.15, 0.2) is 42.5 Å². The first-order valence-corrected chi connectivity index (χ1v) is 6.29. The number of benzene rings is 1. The lowest BCUT2D eigenvalue weighted by molar-refractivity contribution is 0.233. The molecule has 0 fully saturated rings. The van der Waals surface area contributed by atoms with Gasteiger partial charge in [0.05, 0.1) is 6.10 Å². The van der Waals surface area contributed by atoms with Crippen LogP contribution in [0.4, 0.5) is 5.82 Å². The maximum Gasteiger partial charge on any atom is 0.215 e. The van der Waals surface area contributed by atoms with Crippen LogP contribution < -0.4 is 10.1 Å². The summed E-state index contributed by atoms with van der Waals surface area (Å²) >= 11 is 0. The number of nitrogens with one attached hydrogen (secondary N) is 1. The van der Waals surface area contributed by atoms with Gasteiger partial charge < -0.3 is 15.2 Å². The van der Waals surface area contributed by atoms with Crippen LogP contribution in [0, 0.1) is 0 Å². The van der Waals surface area contributed by atoms with E-state index in [0.717, 1.165) is 11.4 Å². The third kappa shape index (κ3) is 3.88. The summed E-state index contributed by atoms with van der Waals surface area (Å²) in [4.78, 5) is 4.34. The number of ether oxygens (including phenoxy) is 1. The van der Waals surface area contributed by atoms with Crippen LogP contribution in [0.25, 0.3) is 0 Å². The molecule has 0 aliphatic rings. The van der Waals surface area contributed by atoms with E-state index in [2.05, 4.69) is 10.3 Å². The van der Waals surface area contributed by atoms with Gasteiger partial charge in [-0.25, -0.2) is 0 Å². The van der Waals surface area contributed by atoms with Gasteiger partial charge in [-0.15, -0.1) is 0 Å². The molecule has 0 aliphatic carbocycles. The molecule has 0 saturated heterocycles. The zero-order valence-electron chi connectivity index (χ0n) is 11.1. The summed E-state index contributed by atoms with van der Waals surface area (Å²) < 4.78 is 5.53. The van der Waals surface area contributed by atoms with Crippen LogP contribution in [-0.2, 0) is 6.54 Å². The number of rotatable bonds is 5. The average molecular weight is 258 g/mol. The highest BCUT2D eigenvalue weighted by Crippen LogP contribution is 2.18. The van der Waals surface area contributed by atoms with Crippen molar-refractivity contribution >= 4 is 5.82 Å². The number of nitrogens with zero attached hydrogens (tertiary/aromatic N) is 1. The molecule has 0 radical (unpaired) electrons. The lowest BCUT2D eigenvalue weighted by atomic mass is 10.2. The Bertz CT molecular complexity index is 541. The molecule has 1 aromatic heterocycles. The molecule has 0 spiro atoms. The summed E-state index contributed by atoms with van der Waals surface area (Å²) in [5.74, 6) is 1.60. The Kier molecular flexibility index (Phi) is 4.23. The van der Waals surface area contributed by atoms with Gasteiger partial charge >= 0.3 is 0 Å². The van der Waals surface area contributed by atoms with Gasteiger partial charge in [0.15, 0.2) is 0 Å². The molecule has 0 bridgehead atoms. The zero-order chi connectivity index (χ0) is 13.7. The topological polar surface area (TPSA) is 54.4 Å². The number of para-hydroxylation sites is 1. The smallest absolute Gasteiger partial charge is 0.215 e. The van der Waals surface area contributed by atoms with E-state index in [1.807, 2.05) is 44.2 Å². The molecule has 0 aliphatic heterocycles. The van der Waals surface area contributed by atoms with Crippen LogP contribution in [0.1, 0.15) is 19.4 Å². The highest BCUT2D eigenvalue weighted by Gasteiger charge is 2.02. The molecule has 0 unspecified atom stereocenters. The molecule has 1 aromatic carbocycles. The number of aromatic hydroxyl groups is 1. The first kappa shape index (κ1) is 13.2. The summed E-state index contributed by atoms with van der Waals surface area (Å²) in [5, 5.41) is 12.8. The lowest BCUT2D eigenvalue weighted by Gasteiger charge is -2.11. The average Bonchev–Trinajstić information content (AvgIpc) is 2.37. The molecule has 0 amide bonds. The summed E-state index contributed by atoms with van der Waals surface area (Å²) in [5.41, 5.74) is 0.833. The minimum Gasteiger partial charge on any atom is -0.508 e. The maximum atomic E-state index is 9.68. The van der Waals surface area contributed by atoms with Crippen molar-refractivity contribution in [3.63, 3.8) is 0 Å². The van der Waals surface area contributed by atoms with Gasteiger partial charge in [0.2, 0.25) is 5.88 Å². The van der Waals surface area contributed by atoms with Crippen molar-refractivity contribution in [1.29, 1.82) is 0 Å². The molecule has 4 nitrogen and oxygen atoms in total. The Morgan fingerprint density at radius 2 is 1.95 bits per heavy atom. The van der Waals surface area contributed by atoms with Gasteiger partial charge in [0.25, 0.3) is 0 Å². The van der Waals surface area contributed by atoms with E-state index in [1.54, 1.807) is 12.1 Å². The fourth-order valence-corrected chi connectivity index (χ4v) is 1.67. The van der Waals surface area contributed by atoms with Gasteiger partial charge in [-0.2, -0.15) is 4.98 Å². The van der Waals surface area contributed by atoms with E-state index < -0.39 is 0 Å². The number of phenolic OH excluding ortho intramolecular Hbond substituents is 1. The van der Waals surface area contributed by atoms with Crippen LogP contribution in [0.3, 0.4) is 0 Å². The van der Waals surface area contributed by atoms with E-state index >= 15 is 0 Å². The Morgan fingerprint density at radius 3 is 2.68 bits per heavy atom. The molecule has 1 heterocycles. The van der Waals surface area contributed by atoms with E-state index in [1.165, 1.54) is 0 Å². The molecule has 2 rings (SSSR count). The lowest BCUT2D eigenvalue weighted by Crippen LogP contribution is -2.08. The first-order valence-electron chi connectivity index (χ1n) is 6.29. The second-order valence-electron chi connectivity index (χ2n) is 4.51. The third-order valence-corrected chi connectivity index (χ3v) is 2.53. The van der Waals surface area contributed by atoms with Crippen molar-refractivity contribution in [2.45, 2.75) is 26.5 Å². The molecular weight excluding hydrogens is 240 g/mol. The predicted molar refractivity (Wildman–Crippen MR) is 75.4 cm³/mol. The SMILES string of the molecule is CC(C)Oc1cccc(NCc2ccccc2O)n1. The zero-order valence-corrected chi connectivity index (χ0v) is 11.1. The Hall–Kier alpha value is -2.23. The highest BCUT2D eigenvalue weighted by molar-refractivity contribution is 5.40. The molecule has 19 heavy (non-hydrogen) atoms. The normalized spacial score (nSPS) is 10.5. The summed E-state index contributed by atoms with van der Waals surface area (Å²) in [7, 11) is 0. The van der Waals surface area contributed by atoms with Crippen molar-refractivity contribution in [2.75, 3.05) is 5.32 Å². The van der Waals surface area contributed by atoms with Gasteiger partial charge in [-0.05, 0) is 26.0 Å². The second-order valence-corrected chi connectivity index (χ2v) is 4.51. The van der Waals surface area contributed by atoms with E-state index in [0.29, 0.717) is 12.4 Å². The van der Waals surface area contributed by atoms with Crippen LogP contribution in [0.2, 0.25) is 0 Å². The molecule has 4 heteroatoms. The van der Waals surface area contributed by atoms with Crippen molar-refractivity contribution in [1.82, 2.24) is 4.98 Å². The van der Waals surface area contributed by atoms with Gasteiger partial charge in [-0.1, -0.05) is 24.3 Å². The molecule has 0 atom stereocenters. The van der Waals surface area contributed by atoms with Gasteiger partial charge in [0.1, 0.15) is 11.6 Å². The number of hydrogen-bond donors (Lipinski definition) is 2. The Balaban J connectivity index is 2.02. The number of anilines is 1. The van der Waals surface area contributed by atoms with Crippen molar-refractivity contribution in [3.8, 4) is 11.6 Å². The second kappa shape index (κ2) is 6.09. The molecule has 0 saturated carbocycles. The van der Waals surface area contributed by atoms with E-state index in [4.69, 9.17) is 4.74 Å². The van der Waals surface area contributed by atoms with Crippen LogP contribution in [-0.4, -0.2) is 16.2 Å². The molecule has 2 N–H and O–H groups in total. The van der Waals surface area contributed by atoms with Crippen molar-refractivity contribution in [3.05, 3.63) is 48.0 Å². The molecular formula is C15H18N2O2. The Labute approximate surface area is 113 Å². The monoisotopic (exact) mass is 258 g/mol. The number of hydrogen-bond acceptors (Lipinski definition) is 4. The summed E-state index contributed by atoms with van der Waals surface area (Å²) in [6.07, 6.45) is 0.0981. The van der Waals surface area contributed by atoms with Crippen LogP contribution >= 0.6 is 0 Å². The quantitative estimate of drug-likeness (QED) is 0.864. The summed E-state index contributed by atoms with van der Waals surface area (Å²) in [6, 6.07) is 12.8. The minimum atomic E-state index is 0.0981. The Morgan fingerprint density at radius 1 is 1.16 bits per heavy atom. The largest absolute Gasteiger partial charge is 0.508 e. The van der Waals surface area contributed by atoms with Gasteiger partial charge in [-0.3, -0.25) is 0 Å². The fourth-order valence-electron chi connectivity index (χ4n) is 1.67. The van der Waals surface area contributed by atoms with E-state index in [9.17, 15) is 5.11 Å². The predicted octanol–water partition coefficient (Wildman–Crippen LogP) is 3.19. The standard InChI is InChI=1S/C15H18N2O2/c1-11(2)19-15-9-5-8-14(17-15)16-10-12-6-3-4-7-13(12)18/h3-9,11,18H,10H2,1-2H3,(H,16,17). The van der Waals surface area contributed by atoms with Crippen molar-refractivity contribution in [2.24, 2.45) is 0 Å². The number of phenols is 1. The highest BCUT2D eigenvalue weighted by atomic mass is 16.5. The van der Waals surface area contributed by atoms with Crippen LogP contribution in [0.5, 0.6) is 11.6 Å². The number of aromatic nitrogens is 1. The van der Waals surface area contributed by atoms with Gasteiger partial charge in [0, 0.05) is 18.2 Å². The summed E-state index contributed by atoms with van der Waals surface area (Å²) in [6.45, 7) is 4.44. The van der Waals surface area contributed by atoms with Crippen molar-refractivity contribution < 1.29 is 9.84 Å². The number of pyridine rings is 1. The third-order valence-electron chi connectivity index (χ3n) is 2.53. The molecule has 100 valence electrons. The first-order chi connectivity index (χ1) is 9.15.